The first-order valence-electron chi connectivity index (χ1n) is 13.2. The summed E-state index contributed by atoms with van der Waals surface area (Å²) in [5.74, 6) is 0.584. The molecule has 1 aromatic carbocycles. The van der Waals surface area contributed by atoms with Crippen molar-refractivity contribution >= 4 is 29.3 Å². The molecule has 3 aliphatic heterocycles. The fourth-order valence-electron chi connectivity index (χ4n) is 5.43. The Balaban J connectivity index is 1.40. The number of hydrogen-bond donors (Lipinski definition) is 2. The third-order valence-electron chi connectivity index (χ3n) is 7.46. The molecule has 3 amide bonds. The number of ether oxygens (including phenoxy) is 1. The number of nitrogens with two attached hydrogens (primary N) is 1. The first-order valence-corrected chi connectivity index (χ1v) is 13.2. The molecule has 9 nitrogen and oxygen atoms in total. The zero-order chi connectivity index (χ0) is 27.7. The summed E-state index contributed by atoms with van der Waals surface area (Å²) in [6.07, 6.45) is -4.53. The molecule has 3 N–H and O–H groups in total. The van der Waals surface area contributed by atoms with Crippen LogP contribution in [0.25, 0.3) is 11.1 Å². The Bertz CT molecular complexity index is 1230. The van der Waals surface area contributed by atoms with Gasteiger partial charge in [0, 0.05) is 57.3 Å². The molecule has 0 spiro atoms. The molecular formula is C27H33F3N6O3. The number of urea groups is 1. The third-order valence-corrected chi connectivity index (χ3v) is 7.46. The van der Waals surface area contributed by atoms with Gasteiger partial charge in [0.1, 0.15) is 11.6 Å². The lowest BCUT2D eigenvalue weighted by molar-refractivity contribution is -0.143. The first kappa shape index (κ1) is 27.2. The predicted molar refractivity (Wildman–Crippen MR) is 142 cm³/mol. The highest BCUT2D eigenvalue weighted by molar-refractivity contribution is 5.96. The number of pyridine rings is 1. The van der Waals surface area contributed by atoms with E-state index in [0.717, 1.165) is 22.5 Å². The molecule has 2 atom stereocenters. The summed E-state index contributed by atoms with van der Waals surface area (Å²) in [6, 6.07) is 8.64. The van der Waals surface area contributed by atoms with Gasteiger partial charge in [-0.1, -0.05) is 6.07 Å². The van der Waals surface area contributed by atoms with E-state index in [4.69, 9.17) is 15.5 Å². The number of morpholine rings is 1. The number of aromatic nitrogens is 1. The van der Waals surface area contributed by atoms with Crippen LogP contribution in [0.4, 0.5) is 35.3 Å². The molecule has 3 fully saturated rings. The minimum absolute atomic E-state index is 0.0761. The van der Waals surface area contributed by atoms with Crippen LogP contribution < -0.4 is 20.9 Å². The number of likely N-dealkylation sites (tertiary alicyclic amines) is 1. The molecule has 0 saturated carbocycles. The number of carbonyl (C=O) groups is 2. The zero-order valence-electron chi connectivity index (χ0n) is 21.8. The lowest BCUT2D eigenvalue weighted by Gasteiger charge is -2.29. The molecule has 0 bridgehead atoms. The Labute approximate surface area is 225 Å². The number of hydrogen-bond acceptors (Lipinski definition) is 6. The number of nitrogens with one attached hydrogen (secondary N) is 1. The van der Waals surface area contributed by atoms with E-state index in [0.29, 0.717) is 50.8 Å². The molecule has 12 heteroatoms. The van der Waals surface area contributed by atoms with Gasteiger partial charge in [-0.3, -0.25) is 9.69 Å². The number of anilines is 3. The van der Waals surface area contributed by atoms with Gasteiger partial charge in [0.25, 0.3) is 0 Å². The molecule has 3 saturated heterocycles. The maximum atomic E-state index is 12.9. The largest absolute Gasteiger partial charge is 0.389 e. The molecule has 1 aromatic heterocycles. The molecule has 39 heavy (non-hydrogen) atoms. The fourth-order valence-corrected chi connectivity index (χ4v) is 5.43. The Morgan fingerprint density at radius 3 is 2.56 bits per heavy atom. The van der Waals surface area contributed by atoms with Gasteiger partial charge in [0.05, 0.1) is 13.2 Å². The summed E-state index contributed by atoms with van der Waals surface area (Å²) in [5, 5.41) is 2.85. The SMILES string of the molecule is Cc1ccc(NC(=O)N2CC[C@@H](CC(F)(F)F)C2)cc1-c1cc(N2CCOCC2)nc(N2C[C@@H](N)CC2=O)c1. The van der Waals surface area contributed by atoms with Gasteiger partial charge in [0.15, 0.2) is 0 Å². The van der Waals surface area contributed by atoms with Crippen molar-refractivity contribution in [2.75, 3.05) is 61.1 Å². The van der Waals surface area contributed by atoms with Gasteiger partial charge in [-0.15, -0.1) is 0 Å². The maximum Gasteiger partial charge on any atom is 0.389 e. The topological polar surface area (TPSA) is 104 Å². The van der Waals surface area contributed by atoms with Gasteiger partial charge in [-0.25, -0.2) is 9.78 Å². The Hall–Kier alpha value is -3.38. The monoisotopic (exact) mass is 546 g/mol. The molecule has 5 rings (SSSR count). The highest BCUT2D eigenvalue weighted by atomic mass is 19.4. The summed E-state index contributed by atoms with van der Waals surface area (Å²) in [7, 11) is 0. The second-order valence-electron chi connectivity index (χ2n) is 10.5. The van der Waals surface area contributed by atoms with Gasteiger partial charge < -0.3 is 25.6 Å². The molecule has 210 valence electrons. The normalized spacial score (nSPS) is 22.1. The lowest BCUT2D eigenvalue weighted by atomic mass is 10.00. The zero-order valence-corrected chi connectivity index (χ0v) is 21.8. The van der Waals surface area contributed by atoms with E-state index in [1.165, 1.54) is 4.90 Å². The Morgan fingerprint density at radius 1 is 1.13 bits per heavy atom. The molecule has 4 heterocycles. The fraction of sp³-hybridized carbons (Fsp3) is 0.519. The van der Waals surface area contributed by atoms with Crippen molar-refractivity contribution in [2.45, 2.75) is 38.4 Å². The van der Waals surface area contributed by atoms with Crippen LogP contribution in [-0.4, -0.2) is 80.0 Å². The highest BCUT2D eigenvalue weighted by Crippen LogP contribution is 2.34. The van der Waals surface area contributed by atoms with Crippen LogP contribution in [0.2, 0.25) is 0 Å². The number of halogens is 3. The number of carbonyl (C=O) groups excluding carboxylic acids is 2. The van der Waals surface area contributed by atoms with Crippen LogP contribution in [-0.2, 0) is 9.53 Å². The van der Waals surface area contributed by atoms with Gasteiger partial charge in [-0.2, -0.15) is 13.2 Å². The van der Waals surface area contributed by atoms with Crippen molar-refractivity contribution in [1.82, 2.24) is 9.88 Å². The minimum Gasteiger partial charge on any atom is -0.378 e. The van der Waals surface area contributed by atoms with E-state index < -0.39 is 24.5 Å². The van der Waals surface area contributed by atoms with E-state index in [2.05, 4.69) is 10.2 Å². The van der Waals surface area contributed by atoms with E-state index in [-0.39, 0.29) is 31.5 Å². The number of nitrogens with zero attached hydrogens (tertiary/aromatic N) is 4. The van der Waals surface area contributed by atoms with E-state index in [9.17, 15) is 22.8 Å². The van der Waals surface area contributed by atoms with Crippen molar-refractivity contribution < 1.29 is 27.5 Å². The first-order chi connectivity index (χ1) is 18.6. The average Bonchev–Trinajstić information content (AvgIpc) is 3.49. The Kier molecular flexibility index (Phi) is 7.68. The van der Waals surface area contributed by atoms with E-state index in [1.807, 2.05) is 31.2 Å². The number of alkyl halides is 3. The lowest BCUT2D eigenvalue weighted by Crippen LogP contribution is -2.37. The molecule has 0 aliphatic carbocycles. The van der Waals surface area contributed by atoms with Crippen molar-refractivity contribution in [3.8, 4) is 11.1 Å². The number of amides is 3. The van der Waals surface area contributed by atoms with Gasteiger partial charge in [-0.05, 0) is 60.2 Å². The average molecular weight is 547 g/mol. The van der Waals surface area contributed by atoms with Gasteiger partial charge >= 0.3 is 12.2 Å². The van der Waals surface area contributed by atoms with Crippen LogP contribution in [0.15, 0.2) is 30.3 Å². The second kappa shape index (κ2) is 11.0. The van der Waals surface area contributed by atoms with Crippen molar-refractivity contribution in [3.05, 3.63) is 35.9 Å². The van der Waals surface area contributed by atoms with Crippen LogP contribution in [0.1, 0.15) is 24.8 Å². The predicted octanol–water partition coefficient (Wildman–Crippen LogP) is 3.76. The maximum absolute atomic E-state index is 12.9. The molecule has 3 aliphatic rings. The standard InChI is InChI=1S/C27H33F3N6O3/c1-17-2-3-21(32-26(38)35-5-4-18(15-35)14-27(28,29)30)13-22(17)19-10-23(34-6-8-39-9-7-34)33-24(11-19)36-16-20(31)12-25(36)37/h2-3,10-11,13,18,20H,4-9,12,14-16,31H2,1H3,(H,32,38)/t18-,20-/m0/s1. The summed E-state index contributed by atoms with van der Waals surface area (Å²) < 4.78 is 43.8. The Morgan fingerprint density at radius 2 is 1.87 bits per heavy atom. The summed E-state index contributed by atoms with van der Waals surface area (Å²) in [5.41, 5.74) is 9.21. The molecule has 2 aromatic rings. The highest BCUT2D eigenvalue weighted by Gasteiger charge is 2.36. The van der Waals surface area contributed by atoms with Gasteiger partial charge in [0.2, 0.25) is 5.91 Å². The summed E-state index contributed by atoms with van der Waals surface area (Å²) in [4.78, 5) is 35.5. The van der Waals surface area contributed by atoms with E-state index in [1.54, 1.807) is 11.0 Å². The van der Waals surface area contributed by atoms with Crippen LogP contribution in [0.5, 0.6) is 0 Å². The van der Waals surface area contributed by atoms with Crippen molar-refractivity contribution in [3.63, 3.8) is 0 Å². The molecular weight excluding hydrogens is 513 g/mol. The summed E-state index contributed by atoms with van der Waals surface area (Å²) >= 11 is 0. The number of benzene rings is 1. The number of aryl methyl sites for hydroxylation is 1. The van der Waals surface area contributed by atoms with Crippen molar-refractivity contribution in [1.29, 1.82) is 0 Å². The molecule has 0 radical (unpaired) electrons. The van der Waals surface area contributed by atoms with Crippen LogP contribution >= 0.6 is 0 Å². The van der Waals surface area contributed by atoms with E-state index >= 15 is 0 Å². The minimum atomic E-state index is -4.24. The summed E-state index contributed by atoms with van der Waals surface area (Å²) in [6.45, 7) is 5.20. The van der Waals surface area contributed by atoms with Crippen molar-refractivity contribution in [2.24, 2.45) is 11.7 Å². The van der Waals surface area contributed by atoms with Crippen LogP contribution in [0, 0.1) is 12.8 Å². The third kappa shape index (κ3) is 6.44. The number of rotatable bonds is 5. The smallest absolute Gasteiger partial charge is 0.378 e. The second-order valence-corrected chi connectivity index (χ2v) is 10.5. The van der Waals surface area contributed by atoms with Crippen LogP contribution in [0.3, 0.4) is 0 Å². The quantitative estimate of drug-likeness (QED) is 0.592. The molecule has 0 unspecified atom stereocenters.